The van der Waals surface area contributed by atoms with E-state index in [1.807, 2.05) is 0 Å². The molecule has 6 heteroatoms. The van der Waals surface area contributed by atoms with Gasteiger partial charge < -0.3 is 15.1 Å². The van der Waals surface area contributed by atoms with E-state index in [0.717, 1.165) is 19.6 Å². The molecule has 0 spiro atoms. The van der Waals surface area contributed by atoms with E-state index in [0.29, 0.717) is 38.0 Å². The van der Waals surface area contributed by atoms with E-state index in [1.54, 1.807) is 4.90 Å². The fourth-order valence-corrected chi connectivity index (χ4v) is 3.14. The molecule has 1 aromatic rings. The van der Waals surface area contributed by atoms with Crippen molar-refractivity contribution in [3.05, 3.63) is 35.6 Å². The maximum atomic E-state index is 13.0. The fraction of sp³-hybridized carbons (Fsp3) is 0.579. The zero-order valence-electron chi connectivity index (χ0n) is 15.1. The molecule has 2 amide bonds. The SMILES string of the molecule is CCN(CC)CCNC(=O)C1CCN(C(=O)c2ccc(F)cc2)CC1. The van der Waals surface area contributed by atoms with Gasteiger partial charge in [-0.25, -0.2) is 4.39 Å². The highest BCUT2D eigenvalue weighted by Gasteiger charge is 2.27. The van der Waals surface area contributed by atoms with Gasteiger partial charge in [0, 0.05) is 37.7 Å². The zero-order valence-corrected chi connectivity index (χ0v) is 15.1. The number of piperidine rings is 1. The van der Waals surface area contributed by atoms with Crippen LogP contribution in [0.15, 0.2) is 24.3 Å². The Balaban J connectivity index is 1.76. The van der Waals surface area contributed by atoms with Gasteiger partial charge in [-0.15, -0.1) is 0 Å². The number of carbonyl (C=O) groups excluding carboxylic acids is 2. The molecule has 25 heavy (non-hydrogen) atoms. The van der Waals surface area contributed by atoms with E-state index in [-0.39, 0.29) is 23.5 Å². The molecule has 0 radical (unpaired) electrons. The third-order valence-electron chi connectivity index (χ3n) is 4.87. The minimum atomic E-state index is -0.350. The van der Waals surface area contributed by atoms with Crippen LogP contribution in [0.25, 0.3) is 0 Å². The molecule has 0 bridgehead atoms. The number of halogens is 1. The van der Waals surface area contributed by atoms with Gasteiger partial charge in [0.2, 0.25) is 5.91 Å². The summed E-state index contributed by atoms with van der Waals surface area (Å²) in [6.07, 6.45) is 1.34. The second-order valence-corrected chi connectivity index (χ2v) is 6.39. The normalized spacial score (nSPS) is 15.4. The van der Waals surface area contributed by atoms with Gasteiger partial charge >= 0.3 is 0 Å². The zero-order chi connectivity index (χ0) is 18.2. The molecule has 1 aliphatic rings. The van der Waals surface area contributed by atoms with E-state index in [4.69, 9.17) is 0 Å². The van der Waals surface area contributed by atoms with Crippen molar-refractivity contribution in [3.63, 3.8) is 0 Å². The quantitative estimate of drug-likeness (QED) is 0.820. The van der Waals surface area contributed by atoms with Crippen molar-refractivity contribution in [1.29, 1.82) is 0 Å². The van der Waals surface area contributed by atoms with Gasteiger partial charge in [-0.2, -0.15) is 0 Å². The number of nitrogens with zero attached hydrogens (tertiary/aromatic N) is 2. The molecule has 1 N–H and O–H groups in total. The Kier molecular flexibility index (Phi) is 7.37. The number of likely N-dealkylation sites (tertiary alicyclic amines) is 1. The Labute approximate surface area is 149 Å². The topological polar surface area (TPSA) is 52.7 Å². The molecular formula is C19H28FN3O2. The summed E-state index contributed by atoms with van der Waals surface area (Å²) < 4.78 is 13.0. The molecule has 0 unspecified atom stereocenters. The highest BCUT2D eigenvalue weighted by molar-refractivity contribution is 5.94. The van der Waals surface area contributed by atoms with Crippen molar-refractivity contribution in [3.8, 4) is 0 Å². The molecule has 2 rings (SSSR count). The minimum Gasteiger partial charge on any atom is -0.355 e. The molecule has 138 valence electrons. The number of likely N-dealkylation sites (N-methyl/N-ethyl adjacent to an activating group) is 1. The van der Waals surface area contributed by atoms with E-state index >= 15 is 0 Å². The standard InChI is InChI=1S/C19H28FN3O2/c1-3-22(4-2)14-11-21-18(24)15-9-12-23(13-10-15)19(25)16-5-7-17(20)8-6-16/h5-8,15H,3-4,9-14H2,1-2H3,(H,21,24). The summed E-state index contributed by atoms with van der Waals surface area (Å²) in [5.41, 5.74) is 0.489. The van der Waals surface area contributed by atoms with Crippen LogP contribution in [-0.4, -0.2) is 60.9 Å². The smallest absolute Gasteiger partial charge is 0.253 e. The van der Waals surface area contributed by atoms with Crippen LogP contribution in [0, 0.1) is 11.7 Å². The second kappa shape index (κ2) is 9.51. The Morgan fingerprint density at radius 2 is 1.76 bits per heavy atom. The van der Waals surface area contributed by atoms with Gasteiger partial charge in [0.1, 0.15) is 5.82 Å². The third kappa shape index (κ3) is 5.53. The number of benzene rings is 1. The van der Waals surface area contributed by atoms with Crippen molar-refractivity contribution < 1.29 is 14.0 Å². The predicted molar refractivity (Wildman–Crippen MR) is 95.8 cm³/mol. The van der Waals surface area contributed by atoms with E-state index in [2.05, 4.69) is 24.1 Å². The number of nitrogens with one attached hydrogen (secondary N) is 1. The van der Waals surface area contributed by atoms with Crippen molar-refractivity contribution in [2.75, 3.05) is 39.3 Å². The molecule has 1 aliphatic heterocycles. The molecule has 0 aliphatic carbocycles. The summed E-state index contributed by atoms with van der Waals surface area (Å²) in [5, 5.41) is 3.01. The molecule has 0 aromatic heterocycles. The fourth-order valence-electron chi connectivity index (χ4n) is 3.14. The van der Waals surface area contributed by atoms with E-state index in [1.165, 1.54) is 24.3 Å². The van der Waals surface area contributed by atoms with E-state index < -0.39 is 0 Å². The number of amides is 2. The van der Waals surface area contributed by atoms with Crippen LogP contribution in [0.1, 0.15) is 37.0 Å². The molecule has 0 saturated carbocycles. The summed E-state index contributed by atoms with van der Waals surface area (Å²) in [6.45, 7) is 8.83. The third-order valence-corrected chi connectivity index (χ3v) is 4.87. The van der Waals surface area contributed by atoms with Crippen molar-refractivity contribution in [1.82, 2.24) is 15.1 Å². The summed E-state index contributed by atoms with van der Waals surface area (Å²) in [6, 6.07) is 5.60. The van der Waals surface area contributed by atoms with Crippen molar-refractivity contribution in [2.45, 2.75) is 26.7 Å². The Hall–Kier alpha value is -1.95. The number of hydrogen-bond donors (Lipinski definition) is 1. The summed E-state index contributed by atoms with van der Waals surface area (Å²) in [4.78, 5) is 28.7. The van der Waals surface area contributed by atoms with E-state index in [9.17, 15) is 14.0 Å². The maximum absolute atomic E-state index is 13.0. The monoisotopic (exact) mass is 349 g/mol. The number of hydrogen-bond acceptors (Lipinski definition) is 3. The Bertz CT molecular complexity index is 565. The average Bonchev–Trinajstić information content (AvgIpc) is 2.65. The van der Waals surface area contributed by atoms with Crippen molar-refractivity contribution >= 4 is 11.8 Å². The predicted octanol–water partition coefficient (Wildman–Crippen LogP) is 2.14. The first-order valence-electron chi connectivity index (χ1n) is 9.10. The van der Waals surface area contributed by atoms with Gasteiger partial charge in [0.25, 0.3) is 5.91 Å². The first-order valence-corrected chi connectivity index (χ1v) is 9.10. The van der Waals surface area contributed by atoms with Crippen LogP contribution in [0.2, 0.25) is 0 Å². The highest BCUT2D eigenvalue weighted by Crippen LogP contribution is 2.19. The van der Waals surface area contributed by atoms with Gasteiger partial charge in [-0.1, -0.05) is 13.8 Å². The van der Waals surface area contributed by atoms with Crippen LogP contribution < -0.4 is 5.32 Å². The minimum absolute atomic E-state index is 0.0334. The first kappa shape index (κ1) is 19.4. The van der Waals surface area contributed by atoms with Gasteiger partial charge in [-0.05, 0) is 50.2 Å². The Morgan fingerprint density at radius 1 is 1.16 bits per heavy atom. The lowest BCUT2D eigenvalue weighted by molar-refractivity contribution is -0.126. The average molecular weight is 349 g/mol. The molecule has 5 nitrogen and oxygen atoms in total. The lowest BCUT2D eigenvalue weighted by Crippen LogP contribution is -2.44. The summed E-state index contributed by atoms with van der Waals surface area (Å²) in [5.74, 6) is -0.396. The van der Waals surface area contributed by atoms with Crippen LogP contribution in [-0.2, 0) is 4.79 Å². The molecule has 0 atom stereocenters. The van der Waals surface area contributed by atoms with Crippen LogP contribution in [0.5, 0.6) is 0 Å². The lowest BCUT2D eigenvalue weighted by atomic mass is 9.95. The summed E-state index contributed by atoms with van der Waals surface area (Å²) in [7, 11) is 0. The molecule has 1 saturated heterocycles. The van der Waals surface area contributed by atoms with Gasteiger partial charge in [0.15, 0.2) is 0 Å². The number of rotatable bonds is 7. The van der Waals surface area contributed by atoms with Crippen LogP contribution >= 0.6 is 0 Å². The summed E-state index contributed by atoms with van der Waals surface area (Å²) >= 11 is 0. The Morgan fingerprint density at radius 3 is 2.32 bits per heavy atom. The molecular weight excluding hydrogens is 321 g/mol. The molecule has 1 fully saturated rings. The maximum Gasteiger partial charge on any atom is 0.253 e. The first-order chi connectivity index (χ1) is 12.0. The largest absolute Gasteiger partial charge is 0.355 e. The van der Waals surface area contributed by atoms with Crippen molar-refractivity contribution in [2.24, 2.45) is 5.92 Å². The second-order valence-electron chi connectivity index (χ2n) is 6.39. The number of carbonyl (C=O) groups is 2. The van der Waals surface area contributed by atoms with Gasteiger partial charge in [-0.3, -0.25) is 9.59 Å². The lowest BCUT2D eigenvalue weighted by Gasteiger charge is -2.31. The highest BCUT2D eigenvalue weighted by atomic mass is 19.1. The van der Waals surface area contributed by atoms with Crippen LogP contribution in [0.3, 0.4) is 0 Å². The van der Waals surface area contributed by atoms with Gasteiger partial charge in [0.05, 0.1) is 0 Å². The van der Waals surface area contributed by atoms with Crippen LogP contribution in [0.4, 0.5) is 4.39 Å². The molecule has 1 aromatic carbocycles. The molecule has 1 heterocycles.